The van der Waals surface area contributed by atoms with Crippen molar-refractivity contribution in [1.29, 1.82) is 0 Å². The lowest BCUT2D eigenvalue weighted by molar-refractivity contribution is 1.06. The molecular weight excluding hydrogens is 426 g/mol. The van der Waals surface area contributed by atoms with Crippen LogP contribution in [0.15, 0.2) is 132 Å². The third kappa shape index (κ3) is 3.08. The largest absolute Gasteiger partial charge is 0.276 e. The van der Waals surface area contributed by atoms with Gasteiger partial charge in [0.05, 0.1) is 5.52 Å². The lowest BCUT2D eigenvalue weighted by atomic mass is 9.95. The maximum atomic E-state index is 13.5. The molecule has 2 heteroatoms. The summed E-state index contributed by atoms with van der Waals surface area (Å²) in [5.74, 6) is 0. The van der Waals surface area contributed by atoms with E-state index in [9.17, 15) is 4.79 Å². The van der Waals surface area contributed by atoms with E-state index in [-0.39, 0.29) is 5.56 Å². The van der Waals surface area contributed by atoms with E-state index in [1.807, 2.05) is 59.2 Å². The Balaban J connectivity index is 1.53. The number of rotatable bonds is 2. The number of aromatic nitrogens is 1. The lowest BCUT2D eigenvalue weighted by Crippen LogP contribution is -2.19. The van der Waals surface area contributed by atoms with Crippen molar-refractivity contribution in [3.05, 3.63) is 138 Å². The smallest absolute Gasteiger partial charge is 0.263 e. The van der Waals surface area contributed by atoms with Crippen molar-refractivity contribution in [2.45, 2.75) is 0 Å². The standard InChI is InChI=1S/C33H21NO/c35-33-29-13-7-6-12-28(29)31-21-25(18-19-32(31)34(33)26-9-2-1-3-10-26)24-17-16-23-15-14-22-8-4-5-11-27(22)30(23)20-24/h1-21H. The fraction of sp³-hybridized carbons (Fsp3) is 0. The molecule has 0 aliphatic rings. The van der Waals surface area contributed by atoms with Crippen molar-refractivity contribution < 1.29 is 0 Å². The van der Waals surface area contributed by atoms with Crippen molar-refractivity contribution in [3.63, 3.8) is 0 Å². The highest BCUT2D eigenvalue weighted by Crippen LogP contribution is 2.33. The topological polar surface area (TPSA) is 22.0 Å². The van der Waals surface area contributed by atoms with Crippen LogP contribution in [0, 0.1) is 0 Å². The summed E-state index contributed by atoms with van der Waals surface area (Å²) >= 11 is 0. The Kier molecular flexibility index (Phi) is 4.33. The first kappa shape index (κ1) is 19.7. The molecule has 0 spiro atoms. The van der Waals surface area contributed by atoms with Crippen molar-refractivity contribution >= 4 is 43.2 Å². The summed E-state index contributed by atoms with van der Waals surface area (Å²) in [5.41, 5.74) is 4.09. The zero-order valence-corrected chi connectivity index (χ0v) is 19.0. The van der Waals surface area contributed by atoms with E-state index in [2.05, 4.69) is 72.8 Å². The van der Waals surface area contributed by atoms with Crippen LogP contribution in [0.3, 0.4) is 0 Å². The molecule has 0 aliphatic heterocycles. The van der Waals surface area contributed by atoms with Gasteiger partial charge in [0.1, 0.15) is 0 Å². The molecule has 2 nitrogen and oxygen atoms in total. The van der Waals surface area contributed by atoms with Gasteiger partial charge in [0, 0.05) is 16.5 Å². The number of pyridine rings is 1. The highest BCUT2D eigenvalue weighted by Gasteiger charge is 2.13. The van der Waals surface area contributed by atoms with Gasteiger partial charge in [-0.25, -0.2) is 0 Å². The van der Waals surface area contributed by atoms with Crippen LogP contribution in [0.2, 0.25) is 0 Å². The van der Waals surface area contributed by atoms with Crippen LogP contribution in [-0.2, 0) is 0 Å². The van der Waals surface area contributed by atoms with Gasteiger partial charge in [-0.3, -0.25) is 9.36 Å². The fourth-order valence-electron chi connectivity index (χ4n) is 5.28. The van der Waals surface area contributed by atoms with Gasteiger partial charge in [-0.2, -0.15) is 0 Å². The molecule has 0 radical (unpaired) electrons. The second kappa shape index (κ2) is 7.68. The van der Waals surface area contributed by atoms with Gasteiger partial charge in [-0.05, 0) is 74.5 Å². The summed E-state index contributed by atoms with van der Waals surface area (Å²) in [4.78, 5) is 13.5. The van der Waals surface area contributed by atoms with Crippen molar-refractivity contribution in [1.82, 2.24) is 4.57 Å². The first-order valence-corrected chi connectivity index (χ1v) is 11.8. The first-order valence-electron chi connectivity index (χ1n) is 11.8. The quantitative estimate of drug-likeness (QED) is 0.245. The Morgan fingerprint density at radius 3 is 1.80 bits per heavy atom. The highest BCUT2D eigenvalue weighted by atomic mass is 16.1. The van der Waals surface area contributed by atoms with E-state index in [0.717, 1.165) is 38.5 Å². The summed E-state index contributed by atoms with van der Waals surface area (Å²) in [5, 5.41) is 7.76. The maximum Gasteiger partial charge on any atom is 0.263 e. The molecule has 0 unspecified atom stereocenters. The first-order chi connectivity index (χ1) is 17.3. The van der Waals surface area contributed by atoms with Crippen molar-refractivity contribution in [2.75, 3.05) is 0 Å². The lowest BCUT2D eigenvalue weighted by Gasteiger charge is -2.15. The summed E-state index contributed by atoms with van der Waals surface area (Å²) in [6, 6.07) is 43.8. The molecule has 164 valence electrons. The van der Waals surface area contributed by atoms with E-state index in [4.69, 9.17) is 0 Å². The molecule has 0 amide bonds. The van der Waals surface area contributed by atoms with Crippen molar-refractivity contribution in [2.24, 2.45) is 0 Å². The third-order valence-corrected chi connectivity index (χ3v) is 6.98. The van der Waals surface area contributed by atoms with Crippen LogP contribution >= 0.6 is 0 Å². The minimum Gasteiger partial charge on any atom is -0.276 e. The van der Waals surface area contributed by atoms with E-state index in [1.165, 1.54) is 21.5 Å². The second-order valence-electron chi connectivity index (χ2n) is 8.98. The number of hydrogen-bond acceptors (Lipinski definition) is 1. The van der Waals surface area contributed by atoms with Crippen LogP contribution in [0.1, 0.15) is 0 Å². The fourth-order valence-corrected chi connectivity index (χ4v) is 5.28. The highest BCUT2D eigenvalue weighted by molar-refractivity contribution is 6.10. The van der Waals surface area contributed by atoms with Crippen LogP contribution in [0.4, 0.5) is 0 Å². The number of benzene rings is 6. The molecule has 0 bridgehead atoms. The van der Waals surface area contributed by atoms with Gasteiger partial charge in [0.2, 0.25) is 0 Å². The molecule has 0 saturated carbocycles. The van der Waals surface area contributed by atoms with Crippen molar-refractivity contribution in [3.8, 4) is 16.8 Å². The van der Waals surface area contributed by atoms with E-state index < -0.39 is 0 Å². The Hall–Kier alpha value is -4.69. The average Bonchev–Trinajstić information content (AvgIpc) is 2.93. The summed E-state index contributed by atoms with van der Waals surface area (Å²) in [7, 11) is 0. The molecule has 1 aromatic heterocycles. The molecular formula is C33H21NO. The predicted octanol–water partition coefficient (Wildman–Crippen LogP) is 8.12. The Labute approximate surface area is 202 Å². The molecule has 6 aromatic carbocycles. The van der Waals surface area contributed by atoms with Crippen LogP contribution < -0.4 is 5.56 Å². The van der Waals surface area contributed by atoms with Crippen LogP contribution in [0.25, 0.3) is 60.0 Å². The number of fused-ring (bicyclic) bond motifs is 6. The Bertz CT molecular complexity index is 1970. The Morgan fingerprint density at radius 1 is 0.429 bits per heavy atom. The molecule has 0 fully saturated rings. The molecule has 7 rings (SSSR count). The number of para-hydroxylation sites is 1. The number of hydrogen-bond donors (Lipinski definition) is 0. The summed E-state index contributed by atoms with van der Waals surface area (Å²) < 4.78 is 1.83. The second-order valence-corrected chi connectivity index (χ2v) is 8.98. The summed E-state index contributed by atoms with van der Waals surface area (Å²) in [6.45, 7) is 0. The SMILES string of the molecule is O=c1c2ccccc2c2cc(-c3ccc4ccc5ccccc5c4c3)ccc2n1-c1ccccc1. The van der Waals surface area contributed by atoms with Gasteiger partial charge >= 0.3 is 0 Å². The monoisotopic (exact) mass is 447 g/mol. The molecule has 0 N–H and O–H groups in total. The van der Waals surface area contributed by atoms with Crippen LogP contribution in [0.5, 0.6) is 0 Å². The number of nitrogens with zero attached hydrogens (tertiary/aromatic N) is 1. The minimum absolute atomic E-state index is 0.00391. The molecule has 0 saturated heterocycles. The molecule has 0 aliphatic carbocycles. The van der Waals surface area contributed by atoms with Gasteiger partial charge in [-0.1, -0.05) is 91.0 Å². The minimum atomic E-state index is 0.00391. The van der Waals surface area contributed by atoms with E-state index in [0.29, 0.717) is 0 Å². The predicted molar refractivity (Wildman–Crippen MR) is 147 cm³/mol. The zero-order chi connectivity index (χ0) is 23.4. The Morgan fingerprint density at radius 2 is 1.00 bits per heavy atom. The average molecular weight is 448 g/mol. The van der Waals surface area contributed by atoms with Gasteiger partial charge < -0.3 is 0 Å². The molecule has 7 aromatic rings. The maximum absolute atomic E-state index is 13.5. The zero-order valence-electron chi connectivity index (χ0n) is 19.0. The summed E-state index contributed by atoms with van der Waals surface area (Å²) in [6.07, 6.45) is 0. The molecule has 1 heterocycles. The normalized spacial score (nSPS) is 11.5. The van der Waals surface area contributed by atoms with E-state index in [1.54, 1.807) is 0 Å². The van der Waals surface area contributed by atoms with Gasteiger partial charge in [0.25, 0.3) is 5.56 Å². The van der Waals surface area contributed by atoms with E-state index >= 15 is 0 Å². The van der Waals surface area contributed by atoms with Crippen LogP contribution in [-0.4, -0.2) is 4.57 Å². The van der Waals surface area contributed by atoms with Gasteiger partial charge in [0.15, 0.2) is 0 Å². The molecule has 35 heavy (non-hydrogen) atoms. The van der Waals surface area contributed by atoms with Gasteiger partial charge in [-0.15, -0.1) is 0 Å². The molecule has 0 atom stereocenters. The third-order valence-electron chi connectivity index (χ3n) is 6.98.